The minimum absolute atomic E-state index is 0.00292. The number of methoxy groups -OCH3 is 1. The number of rotatable bonds is 8. The fourth-order valence-electron chi connectivity index (χ4n) is 3.29. The molecule has 0 aromatic heterocycles. The van der Waals surface area contributed by atoms with Crippen molar-refractivity contribution in [3.63, 3.8) is 0 Å². The van der Waals surface area contributed by atoms with Crippen LogP contribution in [0.5, 0.6) is 0 Å². The molecule has 1 amide bonds. The standard InChI is InChI=1S/C15H27NO4/c1-12(2)10-15(6-4-5-7-15)14(19)16(8-9-20-3)11-13(17)18/h12H,4-11H2,1-3H3,(H,17,18). The summed E-state index contributed by atoms with van der Waals surface area (Å²) in [5, 5.41) is 9.01. The van der Waals surface area contributed by atoms with E-state index in [2.05, 4.69) is 13.8 Å². The minimum Gasteiger partial charge on any atom is -0.480 e. The van der Waals surface area contributed by atoms with Crippen molar-refractivity contribution in [2.75, 3.05) is 26.8 Å². The van der Waals surface area contributed by atoms with Gasteiger partial charge in [0, 0.05) is 19.1 Å². The molecule has 1 saturated carbocycles. The number of carbonyl (C=O) groups is 2. The Morgan fingerprint density at radius 3 is 2.35 bits per heavy atom. The fraction of sp³-hybridized carbons (Fsp3) is 0.867. The first-order valence-corrected chi connectivity index (χ1v) is 7.41. The molecule has 1 N–H and O–H groups in total. The van der Waals surface area contributed by atoms with Gasteiger partial charge in [0.05, 0.1) is 6.61 Å². The smallest absolute Gasteiger partial charge is 0.323 e. The number of nitrogens with zero attached hydrogens (tertiary/aromatic N) is 1. The van der Waals surface area contributed by atoms with E-state index in [-0.39, 0.29) is 17.9 Å². The molecule has 0 unspecified atom stereocenters. The molecule has 0 aliphatic heterocycles. The molecule has 1 aliphatic carbocycles. The van der Waals surface area contributed by atoms with Crippen molar-refractivity contribution < 1.29 is 19.4 Å². The lowest BCUT2D eigenvalue weighted by Gasteiger charge is -2.35. The maximum Gasteiger partial charge on any atom is 0.323 e. The van der Waals surface area contributed by atoms with E-state index in [0.29, 0.717) is 19.1 Å². The van der Waals surface area contributed by atoms with Crippen LogP contribution in [0, 0.1) is 11.3 Å². The Morgan fingerprint density at radius 2 is 1.90 bits per heavy atom. The number of ether oxygens (including phenoxy) is 1. The van der Waals surface area contributed by atoms with Gasteiger partial charge in [0.1, 0.15) is 6.54 Å². The third-order valence-corrected chi connectivity index (χ3v) is 3.99. The van der Waals surface area contributed by atoms with Gasteiger partial charge >= 0.3 is 5.97 Å². The van der Waals surface area contributed by atoms with Crippen LogP contribution in [0.1, 0.15) is 46.0 Å². The van der Waals surface area contributed by atoms with Gasteiger partial charge in [-0.15, -0.1) is 0 Å². The third-order valence-electron chi connectivity index (χ3n) is 3.99. The predicted octanol–water partition coefficient (Wildman–Crippen LogP) is 2.15. The van der Waals surface area contributed by atoms with Crippen LogP contribution in [0.4, 0.5) is 0 Å². The molecule has 0 spiro atoms. The Balaban J connectivity index is 2.85. The van der Waals surface area contributed by atoms with Crippen molar-refractivity contribution in [2.24, 2.45) is 11.3 Å². The lowest BCUT2D eigenvalue weighted by atomic mass is 9.77. The summed E-state index contributed by atoms with van der Waals surface area (Å²) in [5.41, 5.74) is -0.350. The largest absolute Gasteiger partial charge is 0.480 e. The molecule has 0 radical (unpaired) electrons. The van der Waals surface area contributed by atoms with E-state index in [1.807, 2.05) is 0 Å². The molecule has 116 valence electrons. The molecule has 0 heterocycles. The Labute approximate surface area is 121 Å². The van der Waals surface area contributed by atoms with Gasteiger partial charge < -0.3 is 14.7 Å². The van der Waals surface area contributed by atoms with Crippen LogP contribution in [-0.2, 0) is 14.3 Å². The second kappa shape index (κ2) is 7.62. The number of amides is 1. The summed E-state index contributed by atoms with van der Waals surface area (Å²) in [6.07, 6.45) is 4.72. The van der Waals surface area contributed by atoms with Crippen molar-refractivity contribution in [1.29, 1.82) is 0 Å². The molecule has 5 nitrogen and oxygen atoms in total. The number of carboxylic acid groups (broad SMARTS) is 1. The minimum atomic E-state index is -0.966. The molecule has 0 aromatic rings. The highest BCUT2D eigenvalue weighted by atomic mass is 16.5. The normalized spacial score (nSPS) is 17.4. The van der Waals surface area contributed by atoms with Crippen LogP contribution >= 0.6 is 0 Å². The summed E-state index contributed by atoms with van der Waals surface area (Å²) >= 11 is 0. The molecule has 5 heteroatoms. The third kappa shape index (κ3) is 4.47. The zero-order valence-corrected chi connectivity index (χ0v) is 12.9. The molecule has 1 rings (SSSR count). The summed E-state index contributed by atoms with van der Waals surface area (Å²) in [4.78, 5) is 25.3. The molecule has 0 aromatic carbocycles. The number of carbonyl (C=O) groups excluding carboxylic acids is 1. The lowest BCUT2D eigenvalue weighted by molar-refractivity contribution is -0.151. The maximum atomic E-state index is 12.9. The Hall–Kier alpha value is -1.10. The van der Waals surface area contributed by atoms with E-state index in [1.54, 1.807) is 7.11 Å². The van der Waals surface area contributed by atoms with E-state index in [9.17, 15) is 9.59 Å². The van der Waals surface area contributed by atoms with Crippen molar-refractivity contribution in [1.82, 2.24) is 4.90 Å². The summed E-state index contributed by atoms with van der Waals surface area (Å²) in [7, 11) is 1.56. The Bertz CT molecular complexity index is 335. The van der Waals surface area contributed by atoms with E-state index >= 15 is 0 Å². The van der Waals surface area contributed by atoms with Crippen LogP contribution in [0.2, 0.25) is 0 Å². The highest BCUT2D eigenvalue weighted by Crippen LogP contribution is 2.44. The van der Waals surface area contributed by atoms with Gasteiger partial charge in [-0.2, -0.15) is 0 Å². The van der Waals surface area contributed by atoms with E-state index in [4.69, 9.17) is 9.84 Å². The van der Waals surface area contributed by atoms with Crippen molar-refractivity contribution >= 4 is 11.9 Å². The van der Waals surface area contributed by atoms with E-state index in [0.717, 1.165) is 32.1 Å². The molecule has 0 saturated heterocycles. The first-order chi connectivity index (χ1) is 9.41. The molecule has 0 atom stereocenters. The zero-order valence-electron chi connectivity index (χ0n) is 12.9. The van der Waals surface area contributed by atoms with Crippen molar-refractivity contribution in [3.8, 4) is 0 Å². The van der Waals surface area contributed by atoms with Crippen LogP contribution in [0.3, 0.4) is 0 Å². The molecular weight excluding hydrogens is 258 g/mol. The predicted molar refractivity (Wildman–Crippen MR) is 76.4 cm³/mol. The topological polar surface area (TPSA) is 66.8 Å². The fourth-order valence-corrected chi connectivity index (χ4v) is 3.29. The number of hydrogen-bond donors (Lipinski definition) is 1. The Kier molecular flexibility index (Phi) is 6.46. The number of hydrogen-bond acceptors (Lipinski definition) is 3. The molecule has 1 aliphatic rings. The molecular formula is C15H27NO4. The Morgan fingerprint density at radius 1 is 1.30 bits per heavy atom. The first kappa shape index (κ1) is 17.0. The number of aliphatic carboxylic acids is 1. The van der Waals surface area contributed by atoms with Gasteiger partial charge in [-0.05, 0) is 25.2 Å². The summed E-state index contributed by atoms with van der Waals surface area (Å²) < 4.78 is 4.99. The highest BCUT2D eigenvalue weighted by molar-refractivity contribution is 5.86. The van der Waals surface area contributed by atoms with Crippen molar-refractivity contribution in [3.05, 3.63) is 0 Å². The quantitative estimate of drug-likeness (QED) is 0.742. The SMILES string of the molecule is COCCN(CC(=O)O)C(=O)C1(CC(C)C)CCCC1. The maximum absolute atomic E-state index is 12.9. The van der Waals surface area contributed by atoms with Crippen LogP contribution in [0.25, 0.3) is 0 Å². The van der Waals surface area contributed by atoms with Gasteiger partial charge in [-0.3, -0.25) is 9.59 Å². The second-order valence-corrected chi connectivity index (χ2v) is 6.20. The number of carboxylic acids is 1. The summed E-state index contributed by atoms with van der Waals surface area (Å²) in [6, 6.07) is 0. The lowest BCUT2D eigenvalue weighted by Crippen LogP contribution is -2.46. The van der Waals surface area contributed by atoms with Gasteiger partial charge in [0.25, 0.3) is 0 Å². The average molecular weight is 285 g/mol. The first-order valence-electron chi connectivity index (χ1n) is 7.41. The average Bonchev–Trinajstić information content (AvgIpc) is 2.82. The molecule has 0 bridgehead atoms. The summed E-state index contributed by atoms with van der Waals surface area (Å²) in [5.74, 6) is -0.526. The second-order valence-electron chi connectivity index (χ2n) is 6.20. The van der Waals surface area contributed by atoms with Crippen LogP contribution in [0.15, 0.2) is 0 Å². The van der Waals surface area contributed by atoms with E-state index in [1.165, 1.54) is 4.90 Å². The molecule has 20 heavy (non-hydrogen) atoms. The zero-order chi connectivity index (χ0) is 15.2. The summed E-state index contributed by atoms with van der Waals surface area (Å²) in [6.45, 7) is 4.72. The van der Waals surface area contributed by atoms with Crippen molar-refractivity contribution in [2.45, 2.75) is 46.0 Å². The van der Waals surface area contributed by atoms with E-state index < -0.39 is 5.97 Å². The van der Waals surface area contributed by atoms with Gasteiger partial charge in [-0.1, -0.05) is 26.7 Å². The van der Waals surface area contributed by atoms with Gasteiger partial charge in [0.2, 0.25) is 5.91 Å². The van der Waals surface area contributed by atoms with Gasteiger partial charge in [-0.25, -0.2) is 0 Å². The van der Waals surface area contributed by atoms with Gasteiger partial charge in [0.15, 0.2) is 0 Å². The highest BCUT2D eigenvalue weighted by Gasteiger charge is 2.43. The van der Waals surface area contributed by atoms with Crippen LogP contribution in [-0.4, -0.2) is 48.7 Å². The molecule has 1 fully saturated rings. The monoisotopic (exact) mass is 285 g/mol. The van der Waals surface area contributed by atoms with Crippen LogP contribution < -0.4 is 0 Å².